The number of aromatic nitrogens is 1. The summed E-state index contributed by atoms with van der Waals surface area (Å²) < 4.78 is 0. The Balaban J connectivity index is 2.24. The average Bonchev–Trinajstić information content (AvgIpc) is 2.42. The highest BCUT2D eigenvalue weighted by Crippen LogP contribution is 2.36. The Kier molecular flexibility index (Phi) is 6.09. The van der Waals surface area contributed by atoms with Gasteiger partial charge in [-0.2, -0.15) is 0 Å². The molecule has 1 aliphatic heterocycles. The highest BCUT2D eigenvalue weighted by Gasteiger charge is 2.26. The monoisotopic (exact) mass is 315 g/mol. The molecule has 1 atom stereocenters. The van der Waals surface area contributed by atoms with Crippen LogP contribution in [0.3, 0.4) is 0 Å². The summed E-state index contributed by atoms with van der Waals surface area (Å²) in [7, 11) is 0. The average molecular weight is 316 g/mol. The van der Waals surface area contributed by atoms with Gasteiger partial charge in [0.25, 0.3) is 0 Å². The van der Waals surface area contributed by atoms with Crippen LogP contribution in [-0.2, 0) is 0 Å². The number of pyridine rings is 1. The molecule has 0 spiro atoms. The Morgan fingerprint density at radius 1 is 1.15 bits per heavy atom. The molecule has 20 heavy (non-hydrogen) atoms. The Hall–Kier alpha value is -0.350. The van der Waals surface area contributed by atoms with E-state index >= 15 is 0 Å². The zero-order valence-corrected chi connectivity index (χ0v) is 13.7. The highest BCUT2D eigenvalue weighted by atomic mass is 35.5. The largest absolute Gasteiger partial charge is 0.314 e. The van der Waals surface area contributed by atoms with Gasteiger partial charge in [-0.1, -0.05) is 37.0 Å². The van der Waals surface area contributed by atoms with Crippen LogP contribution in [0.1, 0.15) is 38.3 Å². The Morgan fingerprint density at radius 2 is 1.75 bits per heavy atom. The summed E-state index contributed by atoms with van der Waals surface area (Å²) in [6.45, 7) is 8.64. The van der Waals surface area contributed by atoms with Gasteiger partial charge in [-0.3, -0.25) is 9.88 Å². The lowest BCUT2D eigenvalue weighted by Crippen LogP contribution is -2.45. The summed E-state index contributed by atoms with van der Waals surface area (Å²) in [6, 6.07) is 0.294. The Labute approximate surface area is 131 Å². The Bertz CT molecular complexity index is 411. The fourth-order valence-electron chi connectivity index (χ4n) is 2.73. The van der Waals surface area contributed by atoms with Gasteiger partial charge < -0.3 is 5.32 Å². The lowest BCUT2D eigenvalue weighted by atomic mass is 9.96. The van der Waals surface area contributed by atoms with Gasteiger partial charge in [-0.05, 0) is 18.8 Å². The van der Waals surface area contributed by atoms with Crippen LogP contribution in [0.15, 0.2) is 12.4 Å². The van der Waals surface area contributed by atoms with Crippen molar-refractivity contribution in [3.8, 4) is 0 Å². The standard InChI is InChI=1S/C15H23Cl2N3/c1-11(2)3-4-14(20-7-5-18-6-8-20)15-12(16)9-19-10-13(15)17/h9-11,14,18H,3-8H2,1-2H3/t14-/m0/s1. The third-order valence-electron chi connectivity index (χ3n) is 3.83. The minimum absolute atomic E-state index is 0.294. The van der Waals surface area contributed by atoms with Crippen molar-refractivity contribution in [3.05, 3.63) is 28.0 Å². The van der Waals surface area contributed by atoms with Crippen LogP contribution >= 0.6 is 23.2 Å². The van der Waals surface area contributed by atoms with E-state index in [0.29, 0.717) is 22.0 Å². The number of hydrogen-bond acceptors (Lipinski definition) is 3. The van der Waals surface area contributed by atoms with Crippen LogP contribution in [-0.4, -0.2) is 36.1 Å². The molecule has 1 saturated heterocycles. The topological polar surface area (TPSA) is 28.2 Å². The number of rotatable bonds is 5. The maximum Gasteiger partial charge on any atom is 0.0652 e. The summed E-state index contributed by atoms with van der Waals surface area (Å²) in [6.07, 6.45) is 5.66. The Morgan fingerprint density at radius 3 is 2.30 bits per heavy atom. The molecule has 1 aromatic heterocycles. The van der Waals surface area contributed by atoms with E-state index in [4.69, 9.17) is 23.2 Å². The lowest BCUT2D eigenvalue weighted by molar-refractivity contribution is 0.160. The molecule has 2 rings (SSSR count). The first-order chi connectivity index (χ1) is 9.59. The number of nitrogens with one attached hydrogen (secondary N) is 1. The van der Waals surface area contributed by atoms with Crippen molar-refractivity contribution in [1.29, 1.82) is 0 Å². The van der Waals surface area contributed by atoms with E-state index in [-0.39, 0.29) is 0 Å². The lowest BCUT2D eigenvalue weighted by Gasteiger charge is -2.36. The van der Waals surface area contributed by atoms with Crippen LogP contribution in [0.25, 0.3) is 0 Å². The smallest absolute Gasteiger partial charge is 0.0652 e. The number of hydrogen-bond donors (Lipinski definition) is 1. The fourth-order valence-corrected chi connectivity index (χ4v) is 3.35. The van der Waals surface area contributed by atoms with E-state index in [2.05, 4.69) is 29.0 Å². The molecule has 0 unspecified atom stereocenters. The highest BCUT2D eigenvalue weighted by molar-refractivity contribution is 6.35. The molecular weight excluding hydrogens is 293 g/mol. The molecule has 112 valence electrons. The fraction of sp³-hybridized carbons (Fsp3) is 0.667. The normalized spacial score (nSPS) is 18.4. The minimum Gasteiger partial charge on any atom is -0.314 e. The summed E-state index contributed by atoms with van der Waals surface area (Å²) in [5.74, 6) is 0.680. The molecular formula is C15H23Cl2N3. The maximum atomic E-state index is 6.37. The quantitative estimate of drug-likeness (QED) is 0.896. The molecule has 0 amide bonds. The van der Waals surface area contributed by atoms with Crippen LogP contribution in [0, 0.1) is 5.92 Å². The third-order valence-corrected chi connectivity index (χ3v) is 4.44. The van der Waals surface area contributed by atoms with E-state index in [0.717, 1.165) is 38.2 Å². The van der Waals surface area contributed by atoms with Gasteiger partial charge in [0.1, 0.15) is 0 Å². The van der Waals surface area contributed by atoms with Crippen LogP contribution in [0.5, 0.6) is 0 Å². The van der Waals surface area contributed by atoms with E-state index in [1.54, 1.807) is 12.4 Å². The molecule has 2 heterocycles. The van der Waals surface area contributed by atoms with Crippen molar-refractivity contribution in [3.63, 3.8) is 0 Å². The predicted octanol–water partition coefficient (Wildman–Crippen LogP) is 3.77. The van der Waals surface area contributed by atoms with Crippen LogP contribution in [0.4, 0.5) is 0 Å². The predicted molar refractivity (Wildman–Crippen MR) is 85.5 cm³/mol. The summed E-state index contributed by atoms with van der Waals surface area (Å²) >= 11 is 12.7. The van der Waals surface area contributed by atoms with Gasteiger partial charge >= 0.3 is 0 Å². The minimum atomic E-state index is 0.294. The molecule has 1 N–H and O–H groups in total. The molecule has 0 aromatic carbocycles. The maximum absolute atomic E-state index is 6.37. The van der Waals surface area contributed by atoms with Crippen molar-refractivity contribution in [2.75, 3.05) is 26.2 Å². The van der Waals surface area contributed by atoms with Crippen molar-refractivity contribution in [2.24, 2.45) is 5.92 Å². The SMILES string of the molecule is CC(C)CC[C@@H](c1c(Cl)cncc1Cl)N1CCNCC1. The third kappa shape index (κ3) is 4.08. The van der Waals surface area contributed by atoms with Crippen LogP contribution < -0.4 is 5.32 Å². The van der Waals surface area contributed by atoms with Gasteiger partial charge in [0.05, 0.1) is 10.0 Å². The van der Waals surface area contributed by atoms with E-state index < -0.39 is 0 Å². The van der Waals surface area contributed by atoms with Gasteiger partial charge in [0.15, 0.2) is 0 Å². The van der Waals surface area contributed by atoms with Crippen molar-refractivity contribution >= 4 is 23.2 Å². The molecule has 5 heteroatoms. The molecule has 0 aliphatic carbocycles. The molecule has 0 saturated carbocycles. The number of nitrogens with zero attached hydrogens (tertiary/aromatic N) is 2. The number of halogens is 2. The van der Waals surface area contributed by atoms with Crippen molar-refractivity contribution < 1.29 is 0 Å². The van der Waals surface area contributed by atoms with Gasteiger partial charge in [-0.15, -0.1) is 0 Å². The second kappa shape index (κ2) is 7.60. The van der Waals surface area contributed by atoms with E-state index in [9.17, 15) is 0 Å². The van der Waals surface area contributed by atoms with Gasteiger partial charge in [0, 0.05) is 50.2 Å². The van der Waals surface area contributed by atoms with Crippen LogP contribution in [0.2, 0.25) is 10.0 Å². The zero-order valence-electron chi connectivity index (χ0n) is 12.2. The molecule has 1 aromatic rings. The van der Waals surface area contributed by atoms with Crippen molar-refractivity contribution in [1.82, 2.24) is 15.2 Å². The second-order valence-corrected chi connectivity index (χ2v) is 6.60. The van der Waals surface area contributed by atoms with E-state index in [1.165, 1.54) is 6.42 Å². The summed E-state index contributed by atoms with van der Waals surface area (Å²) in [5, 5.41) is 4.77. The molecule has 0 radical (unpaired) electrons. The first-order valence-corrected chi connectivity index (χ1v) is 8.09. The second-order valence-electron chi connectivity index (χ2n) is 5.79. The number of piperazine rings is 1. The summed E-state index contributed by atoms with van der Waals surface area (Å²) in [4.78, 5) is 6.56. The molecule has 3 nitrogen and oxygen atoms in total. The van der Waals surface area contributed by atoms with Gasteiger partial charge in [0.2, 0.25) is 0 Å². The molecule has 0 bridgehead atoms. The van der Waals surface area contributed by atoms with Gasteiger partial charge in [-0.25, -0.2) is 0 Å². The zero-order chi connectivity index (χ0) is 14.5. The first-order valence-electron chi connectivity index (χ1n) is 7.33. The molecule has 1 aliphatic rings. The van der Waals surface area contributed by atoms with E-state index in [1.807, 2.05) is 0 Å². The van der Waals surface area contributed by atoms with Crippen molar-refractivity contribution in [2.45, 2.75) is 32.7 Å². The first kappa shape index (κ1) is 16.0. The summed E-state index contributed by atoms with van der Waals surface area (Å²) in [5.41, 5.74) is 1.05. The molecule has 1 fully saturated rings.